The SMILES string of the molecule is Cc1ccc(OC(C)C(=O)Nc2ccccc2-c2[nH]c(-n3nc(-c4ccccc4)c(Cl)c3NC(=O)c3ccccc3)nc2Oc2ccccc2)c(C)c1. The van der Waals surface area contributed by atoms with Gasteiger partial charge in [0.1, 0.15) is 27.9 Å². The van der Waals surface area contributed by atoms with Gasteiger partial charge in [0.15, 0.2) is 11.9 Å². The van der Waals surface area contributed by atoms with Crippen LogP contribution in [0.1, 0.15) is 28.4 Å². The normalized spacial score (nSPS) is 11.5. The predicted octanol–water partition coefficient (Wildman–Crippen LogP) is 9.65. The van der Waals surface area contributed by atoms with E-state index in [0.29, 0.717) is 39.7 Å². The molecule has 0 bridgehead atoms. The second-order valence-electron chi connectivity index (χ2n) is 12.3. The van der Waals surface area contributed by atoms with E-state index in [9.17, 15) is 9.59 Å². The van der Waals surface area contributed by atoms with Crippen molar-refractivity contribution in [2.45, 2.75) is 26.9 Å². The molecule has 10 nitrogen and oxygen atoms in total. The highest BCUT2D eigenvalue weighted by atomic mass is 35.5. The number of nitrogens with one attached hydrogen (secondary N) is 3. The number of carbonyl (C=O) groups is 2. The molecular formula is C42H35ClN6O4. The molecule has 0 saturated heterocycles. The van der Waals surface area contributed by atoms with Crippen molar-refractivity contribution in [3.63, 3.8) is 0 Å². The number of aromatic amines is 1. The summed E-state index contributed by atoms with van der Waals surface area (Å²) >= 11 is 7.00. The molecule has 0 spiro atoms. The van der Waals surface area contributed by atoms with Crippen LogP contribution in [0.25, 0.3) is 28.5 Å². The lowest BCUT2D eigenvalue weighted by Crippen LogP contribution is -2.30. The number of imidazole rings is 1. The number of para-hydroxylation sites is 2. The number of aryl methyl sites for hydroxylation is 2. The molecule has 7 aromatic rings. The van der Waals surface area contributed by atoms with Gasteiger partial charge in [-0.25, -0.2) is 0 Å². The second kappa shape index (κ2) is 15.3. The van der Waals surface area contributed by atoms with Crippen molar-refractivity contribution in [3.8, 4) is 45.8 Å². The van der Waals surface area contributed by atoms with Gasteiger partial charge in [-0.1, -0.05) is 114 Å². The summed E-state index contributed by atoms with van der Waals surface area (Å²) in [7, 11) is 0. The highest BCUT2D eigenvalue weighted by Crippen LogP contribution is 2.39. The maximum absolute atomic E-state index is 13.6. The van der Waals surface area contributed by atoms with Gasteiger partial charge in [-0.2, -0.15) is 14.8 Å². The minimum atomic E-state index is -0.805. The third-order valence-corrected chi connectivity index (χ3v) is 8.77. The summed E-state index contributed by atoms with van der Waals surface area (Å²) in [5, 5.41) is 11.0. The van der Waals surface area contributed by atoms with E-state index < -0.39 is 6.10 Å². The molecule has 7 rings (SSSR count). The number of hydrogen-bond donors (Lipinski definition) is 3. The predicted molar refractivity (Wildman–Crippen MR) is 207 cm³/mol. The smallest absolute Gasteiger partial charge is 0.265 e. The van der Waals surface area contributed by atoms with Crippen molar-refractivity contribution in [2.75, 3.05) is 10.6 Å². The molecule has 5 aromatic carbocycles. The molecule has 0 aliphatic carbocycles. The van der Waals surface area contributed by atoms with Crippen LogP contribution in [-0.4, -0.2) is 37.7 Å². The van der Waals surface area contributed by atoms with E-state index in [1.807, 2.05) is 117 Å². The molecular weight excluding hydrogens is 688 g/mol. The summed E-state index contributed by atoms with van der Waals surface area (Å²) in [5.74, 6) is 1.03. The fraction of sp³-hybridized carbons (Fsp3) is 0.0952. The average molecular weight is 723 g/mol. The number of nitrogens with zero attached hydrogens (tertiary/aromatic N) is 3. The first kappa shape index (κ1) is 34.8. The third-order valence-electron chi connectivity index (χ3n) is 8.42. The first-order valence-electron chi connectivity index (χ1n) is 16.9. The van der Waals surface area contributed by atoms with E-state index in [2.05, 4.69) is 15.6 Å². The number of rotatable bonds is 11. The lowest BCUT2D eigenvalue weighted by Gasteiger charge is -2.18. The highest BCUT2D eigenvalue weighted by molar-refractivity contribution is 6.36. The highest BCUT2D eigenvalue weighted by Gasteiger charge is 2.26. The van der Waals surface area contributed by atoms with Crippen LogP contribution >= 0.6 is 11.6 Å². The van der Waals surface area contributed by atoms with Crippen LogP contribution in [0.4, 0.5) is 11.5 Å². The topological polar surface area (TPSA) is 123 Å². The number of H-pyrrole nitrogens is 1. The molecule has 11 heteroatoms. The van der Waals surface area contributed by atoms with Crippen molar-refractivity contribution < 1.29 is 19.1 Å². The number of halogens is 1. The first-order valence-corrected chi connectivity index (χ1v) is 17.3. The molecule has 0 fully saturated rings. The number of amides is 2. The summed E-state index contributed by atoms with van der Waals surface area (Å²) < 4.78 is 13.8. The fourth-order valence-electron chi connectivity index (χ4n) is 5.73. The van der Waals surface area contributed by atoms with Gasteiger partial charge in [0, 0.05) is 16.7 Å². The van der Waals surface area contributed by atoms with E-state index in [1.54, 1.807) is 37.3 Å². The van der Waals surface area contributed by atoms with Gasteiger partial charge >= 0.3 is 0 Å². The molecule has 264 valence electrons. The van der Waals surface area contributed by atoms with Crippen LogP contribution < -0.4 is 20.1 Å². The number of hydrogen-bond acceptors (Lipinski definition) is 6. The van der Waals surface area contributed by atoms with E-state index in [0.717, 1.165) is 16.7 Å². The molecule has 2 heterocycles. The molecule has 0 aliphatic heterocycles. The van der Waals surface area contributed by atoms with Crippen LogP contribution in [0.5, 0.6) is 17.4 Å². The van der Waals surface area contributed by atoms with Crippen LogP contribution in [0, 0.1) is 13.8 Å². The van der Waals surface area contributed by atoms with Gasteiger partial charge in [0.2, 0.25) is 11.8 Å². The minimum Gasteiger partial charge on any atom is -0.481 e. The third kappa shape index (κ3) is 7.68. The zero-order chi connectivity index (χ0) is 36.9. The Morgan fingerprint density at radius 1 is 0.811 bits per heavy atom. The lowest BCUT2D eigenvalue weighted by molar-refractivity contribution is -0.122. The monoisotopic (exact) mass is 722 g/mol. The van der Waals surface area contributed by atoms with Crippen molar-refractivity contribution in [3.05, 3.63) is 155 Å². The Kier molecular flexibility index (Phi) is 10.0. The van der Waals surface area contributed by atoms with Crippen molar-refractivity contribution in [2.24, 2.45) is 0 Å². The van der Waals surface area contributed by atoms with Crippen molar-refractivity contribution in [1.29, 1.82) is 0 Å². The van der Waals surface area contributed by atoms with Crippen LogP contribution in [-0.2, 0) is 4.79 Å². The zero-order valence-electron chi connectivity index (χ0n) is 29.1. The van der Waals surface area contributed by atoms with Crippen LogP contribution in [0.15, 0.2) is 133 Å². The number of anilines is 2. The Morgan fingerprint density at radius 2 is 1.47 bits per heavy atom. The Balaban J connectivity index is 1.30. The maximum atomic E-state index is 13.6. The number of benzene rings is 5. The summed E-state index contributed by atoms with van der Waals surface area (Å²) in [6.07, 6.45) is -0.805. The Morgan fingerprint density at radius 3 is 2.19 bits per heavy atom. The van der Waals surface area contributed by atoms with Gasteiger partial charge in [-0.3, -0.25) is 9.59 Å². The molecule has 1 atom stereocenters. The number of aromatic nitrogens is 4. The molecule has 53 heavy (non-hydrogen) atoms. The molecule has 2 aromatic heterocycles. The maximum Gasteiger partial charge on any atom is 0.265 e. The quantitative estimate of drug-likeness (QED) is 0.122. The van der Waals surface area contributed by atoms with Gasteiger partial charge in [-0.05, 0) is 62.7 Å². The minimum absolute atomic E-state index is 0.195. The Hall–Kier alpha value is -6.65. The van der Waals surface area contributed by atoms with Gasteiger partial charge in [-0.15, -0.1) is 0 Å². The average Bonchev–Trinajstić information content (AvgIpc) is 3.74. The summed E-state index contributed by atoms with van der Waals surface area (Å²) in [4.78, 5) is 35.2. The largest absolute Gasteiger partial charge is 0.481 e. The zero-order valence-corrected chi connectivity index (χ0v) is 29.9. The Bertz CT molecular complexity index is 2390. The number of ether oxygens (including phenoxy) is 2. The summed E-state index contributed by atoms with van der Waals surface area (Å²) in [6.45, 7) is 5.65. The first-order chi connectivity index (χ1) is 25.7. The summed E-state index contributed by atoms with van der Waals surface area (Å²) in [5.41, 5.74) is 5.17. The standard InChI is InChI=1S/C42H35ClN6O4/c1-26-23-24-34(27(2)25-26)52-28(3)39(50)44-33-22-14-13-21-32(33)37-41(53-31-19-11-6-12-20-31)47-42(45-37)49-38(46-40(51)30-17-9-5-10-18-30)35(43)36(48-49)29-15-7-4-8-16-29/h4-25,28H,1-3H3,(H,44,50)(H,45,47)(H,46,51). The number of carbonyl (C=O) groups excluding carboxylic acids is 2. The van der Waals surface area contributed by atoms with Crippen molar-refractivity contribution in [1.82, 2.24) is 19.7 Å². The van der Waals surface area contributed by atoms with E-state index in [4.69, 9.17) is 31.2 Å². The fourth-order valence-corrected chi connectivity index (χ4v) is 6.01. The van der Waals surface area contributed by atoms with Crippen molar-refractivity contribution >= 4 is 34.9 Å². The van der Waals surface area contributed by atoms with Gasteiger partial charge in [0.25, 0.3) is 11.8 Å². The molecule has 2 amide bonds. The van der Waals surface area contributed by atoms with E-state index in [-0.39, 0.29) is 34.5 Å². The molecule has 0 aliphatic rings. The molecule has 0 saturated carbocycles. The van der Waals surface area contributed by atoms with Crippen LogP contribution in [0.2, 0.25) is 5.02 Å². The van der Waals surface area contributed by atoms with Crippen LogP contribution in [0.3, 0.4) is 0 Å². The molecule has 0 radical (unpaired) electrons. The second-order valence-corrected chi connectivity index (χ2v) is 12.7. The lowest BCUT2D eigenvalue weighted by atomic mass is 10.1. The summed E-state index contributed by atoms with van der Waals surface area (Å²) in [6, 6.07) is 40.5. The van der Waals surface area contributed by atoms with Gasteiger partial charge in [0.05, 0.1) is 5.69 Å². The van der Waals surface area contributed by atoms with E-state index in [1.165, 1.54) is 4.68 Å². The molecule has 3 N–H and O–H groups in total. The van der Waals surface area contributed by atoms with Gasteiger partial charge < -0.3 is 25.1 Å². The molecule has 1 unspecified atom stereocenters. The van der Waals surface area contributed by atoms with E-state index >= 15 is 0 Å². The Labute approximate surface area is 311 Å².